The molecule has 0 heteroatoms. The fourth-order valence-corrected chi connectivity index (χ4v) is 2.48. The Balaban J connectivity index is 4.75. The van der Waals surface area contributed by atoms with Crippen molar-refractivity contribution in [3.63, 3.8) is 0 Å². The van der Waals surface area contributed by atoms with Crippen LogP contribution in [-0.2, 0) is 0 Å². The van der Waals surface area contributed by atoms with Gasteiger partial charge in [0.05, 0.1) is 0 Å². The number of hydrogen-bond acceptors (Lipinski definition) is 0. The van der Waals surface area contributed by atoms with Crippen molar-refractivity contribution in [2.24, 2.45) is 0 Å². The summed E-state index contributed by atoms with van der Waals surface area (Å²) < 4.78 is 0. The smallest absolute Gasteiger partial charge is 0.0280 e. The highest BCUT2D eigenvalue weighted by molar-refractivity contribution is 5.31. The van der Waals surface area contributed by atoms with E-state index < -0.39 is 0 Å². The van der Waals surface area contributed by atoms with Crippen LogP contribution in [0.2, 0.25) is 0 Å². The maximum Gasteiger partial charge on any atom is -0.0280 e. The first-order valence-electron chi connectivity index (χ1n) is 9.18. The Labute approximate surface area is 128 Å². The molecule has 0 heterocycles. The van der Waals surface area contributed by atoms with Gasteiger partial charge in [-0.05, 0) is 49.7 Å². The lowest BCUT2D eigenvalue weighted by Crippen LogP contribution is -1.93. The van der Waals surface area contributed by atoms with Crippen molar-refractivity contribution in [2.45, 2.75) is 105 Å². The minimum Gasteiger partial charge on any atom is -0.0811 e. The molecule has 20 heavy (non-hydrogen) atoms. The molecular formula is C20H38. The van der Waals surface area contributed by atoms with Crippen molar-refractivity contribution in [1.29, 1.82) is 0 Å². The van der Waals surface area contributed by atoms with Crippen molar-refractivity contribution in [1.82, 2.24) is 0 Å². The molecule has 0 saturated carbocycles. The molecule has 0 bridgehead atoms. The summed E-state index contributed by atoms with van der Waals surface area (Å²) in [6, 6.07) is 0. The summed E-state index contributed by atoms with van der Waals surface area (Å²) >= 11 is 0. The zero-order valence-electron chi connectivity index (χ0n) is 14.6. The maximum absolute atomic E-state index is 2.55. The molecule has 0 aliphatic rings. The molecule has 0 aromatic rings. The molecule has 0 saturated heterocycles. The highest BCUT2D eigenvalue weighted by Gasteiger charge is 2.05. The van der Waals surface area contributed by atoms with Crippen LogP contribution in [0.3, 0.4) is 0 Å². The minimum absolute atomic E-state index is 1.27. The van der Waals surface area contributed by atoms with Gasteiger partial charge in [0.15, 0.2) is 0 Å². The molecule has 0 amide bonds. The van der Waals surface area contributed by atoms with Crippen LogP contribution >= 0.6 is 0 Å². The lowest BCUT2D eigenvalue weighted by Gasteiger charge is -2.13. The Hall–Kier alpha value is -0.520. The summed E-state index contributed by atoms with van der Waals surface area (Å²) in [5, 5.41) is 0. The average Bonchev–Trinajstić information content (AvgIpc) is 2.47. The van der Waals surface area contributed by atoms with E-state index in [2.05, 4.69) is 39.8 Å². The van der Waals surface area contributed by atoms with E-state index in [1.807, 2.05) is 0 Å². The molecule has 0 rings (SSSR count). The van der Waals surface area contributed by atoms with Crippen molar-refractivity contribution in [2.75, 3.05) is 0 Å². The molecule has 0 nitrogen and oxygen atoms in total. The predicted octanol–water partition coefficient (Wildman–Crippen LogP) is 7.60. The second kappa shape index (κ2) is 14.9. The minimum atomic E-state index is 1.27. The number of hydrogen-bond donors (Lipinski definition) is 0. The van der Waals surface area contributed by atoms with Crippen LogP contribution in [0.1, 0.15) is 105 Å². The first-order chi connectivity index (χ1) is 9.79. The van der Waals surface area contributed by atoms with E-state index in [0.717, 1.165) is 0 Å². The summed E-state index contributed by atoms with van der Waals surface area (Å²) in [6.07, 6.45) is 20.8. The van der Waals surface area contributed by atoms with Crippen LogP contribution in [0.4, 0.5) is 0 Å². The highest BCUT2D eigenvalue weighted by atomic mass is 14.1. The summed E-state index contributed by atoms with van der Waals surface area (Å²) in [7, 11) is 0. The third-order valence-electron chi connectivity index (χ3n) is 3.91. The van der Waals surface area contributed by atoms with Crippen molar-refractivity contribution >= 4 is 0 Å². The van der Waals surface area contributed by atoms with Gasteiger partial charge < -0.3 is 0 Å². The fraction of sp³-hybridized carbons (Fsp3) is 0.800. The second-order valence-electron chi connectivity index (χ2n) is 5.95. The van der Waals surface area contributed by atoms with E-state index in [4.69, 9.17) is 0 Å². The topological polar surface area (TPSA) is 0 Å². The molecule has 0 N–H and O–H groups in total. The van der Waals surface area contributed by atoms with Gasteiger partial charge in [-0.3, -0.25) is 0 Å². The molecule has 0 atom stereocenters. The summed E-state index contributed by atoms with van der Waals surface area (Å²) in [4.78, 5) is 0. The van der Waals surface area contributed by atoms with Gasteiger partial charge in [0, 0.05) is 0 Å². The van der Waals surface area contributed by atoms with Gasteiger partial charge in [0.2, 0.25) is 0 Å². The Morgan fingerprint density at radius 1 is 0.550 bits per heavy atom. The quantitative estimate of drug-likeness (QED) is 0.240. The second-order valence-corrected chi connectivity index (χ2v) is 5.95. The Bertz CT molecular complexity index is 229. The third-order valence-corrected chi connectivity index (χ3v) is 3.91. The van der Waals surface area contributed by atoms with Crippen LogP contribution in [-0.4, -0.2) is 0 Å². The van der Waals surface area contributed by atoms with Gasteiger partial charge in [0.25, 0.3) is 0 Å². The van der Waals surface area contributed by atoms with Crippen molar-refractivity contribution < 1.29 is 0 Å². The van der Waals surface area contributed by atoms with Crippen LogP contribution < -0.4 is 0 Å². The SMILES string of the molecule is CCCC/C=C(CCCC)\C(=C/CCCC)CCCC. The van der Waals surface area contributed by atoms with Gasteiger partial charge in [-0.2, -0.15) is 0 Å². The Morgan fingerprint density at radius 2 is 0.900 bits per heavy atom. The first kappa shape index (κ1) is 19.5. The molecular weight excluding hydrogens is 240 g/mol. The van der Waals surface area contributed by atoms with E-state index in [0.29, 0.717) is 0 Å². The molecule has 0 aliphatic heterocycles. The highest BCUT2D eigenvalue weighted by Crippen LogP contribution is 2.24. The molecule has 0 radical (unpaired) electrons. The molecule has 118 valence electrons. The summed E-state index contributed by atoms with van der Waals surface area (Å²) in [5.41, 5.74) is 3.34. The van der Waals surface area contributed by atoms with Crippen LogP contribution in [0.5, 0.6) is 0 Å². The van der Waals surface area contributed by atoms with Crippen molar-refractivity contribution in [3.8, 4) is 0 Å². The Kier molecular flexibility index (Phi) is 14.5. The molecule has 0 fully saturated rings. The lowest BCUT2D eigenvalue weighted by molar-refractivity contribution is 0.734. The van der Waals surface area contributed by atoms with E-state index in [1.165, 1.54) is 77.0 Å². The first-order valence-corrected chi connectivity index (χ1v) is 9.18. The van der Waals surface area contributed by atoms with Gasteiger partial charge in [-0.15, -0.1) is 0 Å². The van der Waals surface area contributed by atoms with Gasteiger partial charge in [-0.1, -0.05) is 78.4 Å². The Morgan fingerprint density at radius 3 is 1.20 bits per heavy atom. The normalized spacial score (nSPS) is 13.0. The zero-order chi connectivity index (χ0) is 15.1. The lowest BCUT2D eigenvalue weighted by atomic mass is 9.93. The van der Waals surface area contributed by atoms with Crippen LogP contribution in [0.15, 0.2) is 23.3 Å². The molecule has 0 aliphatic carbocycles. The van der Waals surface area contributed by atoms with E-state index in [-0.39, 0.29) is 0 Å². The summed E-state index contributed by atoms with van der Waals surface area (Å²) in [5.74, 6) is 0. The van der Waals surface area contributed by atoms with Crippen LogP contribution in [0.25, 0.3) is 0 Å². The van der Waals surface area contributed by atoms with Gasteiger partial charge >= 0.3 is 0 Å². The molecule has 0 spiro atoms. The maximum atomic E-state index is 2.55. The molecule has 0 aromatic carbocycles. The van der Waals surface area contributed by atoms with Crippen molar-refractivity contribution in [3.05, 3.63) is 23.3 Å². The third kappa shape index (κ3) is 10.3. The standard InChI is InChI=1S/C20H38/c1-5-9-13-17-19(15-11-7-3)20(16-12-8-4)18-14-10-6-2/h17-18H,5-16H2,1-4H3/b19-17-,20-18-. The van der Waals surface area contributed by atoms with E-state index in [9.17, 15) is 0 Å². The van der Waals surface area contributed by atoms with E-state index >= 15 is 0 Å². The molecule has 0 unspecified atom stereocenters. The fourth-order valence-electron chi connectivity index (χ4n) is 2.48. The monoisotopic (exact) mass is 278 g/mol. The number of unbranched alkanes of at least 4 members (excludes halogenated alkanes) is 6. The van der Waals surface area contributed by atoms with Gasteiger partial charge in [-0.25, -0.2) is 0 Å². The van der Waals surface area contributed by atoms with Gasteiger partial charge in [0.1, 0.15) is 0 Å². The number of allylic oxidation sites excluding steroid dienone is 4. The predicted molar refractivity (Wildman–Crippen MR) is 94.3 cm³/mol. The van der Waals surface area contributed by atoms with E-state index in [1.54, 1.807) is 11.1 Å². The molecule has 0 aromatic heterocycles. The van der Waals surface area contributed by atoms with Crippen LogP contribution in [0, 0.1) is 0 Å². The zero-order valence-corrected chi connectivity index (χ0v) is 14.6. The number of rotatable bonds is 13. The average molecular weight is 279 g/mol. The summed E-state index contributed by atoms with van der Waals surface area (Å²) in [6.45, 7) is 9.18. The largest absolute Gasteiger partial charge is 0.0811 e.